The Bertz CT molecular complexity index is 2530. The topological polar surface area (TPSA) is 241 Å². The fourth-order valence-corrected chi connectivity index (χ4v) is 8.58. The average molecular weight is 934 g/mol. The molecule has 0 fully saturated rings. The lowest BCUT2D eigenvalue weighted by molar-refractivity contribution is -0.142. The van der Waals surface area contributed by atoms with Crippen molar-refractivity contribution >= 4 is 42.7 Å². The number of aryl methyl sites for hydroxylation is 2. The third kappa shape index (κ3) is 11.9. The van der Waals surface area contributed by atoms with Crippen LogP contribution in [0.2, 0.25) is 0 Å². The summed E-state index contributed by atoms with van der Waals surface area (Å²) in [6.07, 6.45) is -0.477. The third-order valence-electron chi connectivity index (χ3n) is 12.5. The van der Waals surface area contributed by atoms with Crippen LogP contribution >= 0.6 is 13.5 Å². The number of ether oxygens (including phenoxy) is 2. The van der Waals surface area contributed by atoms with E-state index in [1.807, 2.05) is 30.3 Å². The van der Waals surface area contributed by atoms with Crippen molar-refractivity contribution < 1.29 is 38.6 Å². The van der Waals surface area contributed by atoms with Crippen LogP contribution in [0.4, 0.5) is 0 Å². The number of aromatic nitrogens is 2. The van der Waals surface area contributed by atoms with Crippen LogP contribution in [0.3, 0.4) is 0 Å². The maximum Gasteiger partial charge on any atom is 0.226 e. The summed E-state index contributed by atoms with van der Waals surface area (Å²) in [6, 6.07) is 18.0. The number of hydrogen-bond donors (Lipinski definition) is 4. The number of nitriles is 1. The Morgan fingerprint density at radius 2 is 1.57 bits per heavy atom. The van der Waals surface area contributed by atoms with Crippen molar-refractivity contribution in [2.75, 3.05) is 33.4 Å². The summed E-state index contributed by atoms with van der Waals surface area (Å²) in [5, 5.41) is 23.4. The normalized spacial score (nSPS) is 19.9. The average Bonchev–Trinajstić information content (AvgIpc) is 3.33. The van der Waals surface area contributed by atoms with Crippen LogP contribution in [-0.4, -0.2) is 94.1 Å². The molecule has 6 rings (SSSR count). The van der Waals surface area contributed by atoms with E-state index in [0.717, 1.165) is 11.1 Å². The largest absolute Gasteiger partial charge is 0.490 e. The molecule has 15 nitrogen and oxygen atoms in total. The highest BCUT2D eigenvalue weighted by atomic mass is 32.1. The Balaban J connectivity index is 0.00000840. The molecule has 0 saturated heterocycles. The standard InChI is InChI=1S/C51H61N7O8.H2S/c1-29-21-42(61)46(58(7)49(63)35(18-20-53)25-41(60)45-30(2)55-47(56-31(45)3)33-11-14-36(15-12-33)50(4,5)6)34-13-17-44-38(24-34)37-22-32(23-39(57-48(29)62)40(59)9-8-19-52)10-16-43(37)65-27-51(64,26-54)28-66-44;/h10-17,22,24,29,35,39,46,64H,8-9,18,20-21,23,25-28,53-54H2,1-7H3,(H,57,62);1H2/t29-,35-,39+,46+,51?;/m1./s1. The molecule has 0 aliphatic carbocycles. The molecule has 67 heavy (non-hydrogen) atoms. The molecular weight excluding hydrogens is 871 g/mol. The molecule has 1 aromatic heterocycles. The minimum Gasteiger partial charge on any atom is -0.490 e. The molecule has 356 valence electrons. The Morgan fingerprint density at radius 1 is 0.955 bits per heavy atom. The molecule has 2 aliphatic heterocycles. The van der Waals surface area contributed by atoms with Crippen molar-refractivity contribution in [2.45, 2.75) is 103 Å². The second kappa shape index (κ2) is 21.8. The minimum absolute atomic E-state index is 0. The van der Waals surface area contributed by atoms with Crippen LogP contribution in [0.5, 0.6) is 11.5 Å². The van der Waals surface area contributed by atoms with Gasteiger partial charge in [0, 0.05) is 67.8 Å². The fraction of sp³-hybridized carbons (Fsp3) is 0.451. The zero-order chi connectivity index (χ0) is 48.1. The summed E-state index contributed by atoms with van der Waals surface area (Å²) >= 11 is 0. The maximum absolute atomic E-state index is 14.8. The lowest BCUT2D eigenvalue weighted by Gasteiger charge is -2.32. The van der Waals surface area contributed by atoms with Crippen LogP contribution in [0.15, 0.2) is 60.7 Å². The van der Waals surface area contributed by atoms with Crippen molar-refractivity contribution in [1.29, 1.82) is 5.26 Å². The fourth-order valence-electron chi connectivity index (χ4n) is 8.58. The molecule has 0 radical (unpaired) electrons. The predicted molar refractivity (Wildman–Crippen MR) is 259 cm³/mol. The van der Waals surface area contributed by atoms with Crippen LogP contribution < -0.4 is 26.3 Å². The molecule has 3 aromatic carbocycles. The van der Waals surface area contributed by atoms with Crippen molar-refractivity contribution in [3.63, 3.8) is 0 Å². The summed E-state index contributed by atoms with van der Waals surface area (Å²) in [6.45, 7) is 10.9. The number of likely N-dealkylation sites (N-methyl/N-ethyl adjacent to an activating group) is 1. The molecule has 2 aliphatic rings. The number of fused-ring (bicyclic) bond motifs is 2. The van der Waals surface area contributed by atoms with E-state index in [0.29, 0.717) is 56.5 Å². The summed E-state index contributed by atoms with van der Waals surface area (Å²) in [7, 11) is 1.49. The van der Waals surface area contributed by atoms with Gasteiger partial charge in [-0.1, -0.05) is 64.1 Å². The predicted octanol–water partition coefficient (Wildman–Crippen LogP) is 5.55. The maximum atomic E-state index is 14.8. The minimum atomic E-state index is -1.56. The van der Waals surface area contributed by atoms with Gasteiger partial charge in [-0.3, -0.25) is 24.0 Å². The van der Waals surface area contributed by atoms with Gasteiger partial charge in [0.15, 0.2) is 23.2 Å². The second-order valence-electron chi connectivity index (χ2n) is 18.7. The molecule has 0 spiro atoms. The molecule has 16 heteroatoms. The summed E-state index contributed by atoms with van der Waals surface area (Å²) in [5.74, 6) is -2.96. The highest BCUT2D eigenvalue weighted by molar-refractivity contribution is 7.59. The van der Waals surface area contributed by atoms with Gasteiger partial charge in [-0.25, -0.2) is 9.97 Å². The van der Waals surface area contributed by atoms with Crippen molar-refractivity contribution in [2.24, 2.45) is 23.3 Å². The van der Waals surface area contributed by atoms with Crippen LogP contribution in [-0.2, 0) is 31.0 Å². The number of nitrogens with two attached hydrogens (primary N) is 2. The number of Topliss-reactive ketones (excluding diaryl/α,β-unsaturated/α-hetero) is 3. The number of carbonyl (C=O) groups excluding carboxylic acids is 5. The highest BCUT2D eigenvalue weighted by Gasteiger charge is 2.37. The van der Waals surface area contributed by atoms with Gasteiger partial charge in [0.25, 0.3) is 0 Å². The molecule has 5 atom stereocenters. The zero-order valence-corrected chi connectivity index (χ0v) is 40.4. The van der Waals surface area contributed by atoms with Crippen LogP contribution in [0, 0.1) is 37.0 Å². The SMILES string of the molecule is Cc1nc(-c2ccc(C(C)(C)C)cc2)nc(C)c1C(=O)C[C@@H](CCN)C(=O)N(C)[C@@H]1C(=O)C[C@@H](C)C(=O)N[C@H](C(=O)CCC#N)Cc2ccc3c(c2)-c2cc1ccc2OCC(O)(CN)CO3.S. The summed E-state index contributed by atoms with van der Waals surface area (Å²) in [4.78, 5) is 81.8. The number of nitrogens with one attached hydrogen (secondary N) is 1. The Labute approximate surface area is 399 Å². The number of benzene rings is 3. The molecule has 6 N–H and O–H groups in total. The molecule has 1 unspecified atom stereocenters. The van der Waals surface area contributed by atoms with Gasteiger partial charge in [-0.05, 0) is 79.6 Å². The Kier molecular flexibility index (Phi) is 16.9. The first-order chi connectivity index (χ1) is 31.3. The number of rotatable bonds is 12. The lowest BCUT2D eigenvalue weighted by atomic mass is 9.86. The number of nitrogens with zero attached hydrogens (tertiary/aromatic N) is 4. The van der Waals surface area contributed by atoms with E-state index in [1.54, 1.807) is 57.2 Å². The van der Waals surface area contributed by atoms with E-state index in [4.69, 9.17) is 30.9 Å². The third-order valence-corrected chi connectivity index (χ3v) is 12.5. The van der Waals surface area contributed by atoms with Gasteiger partial charge in [0.2, 0.25) is 11.8 Å². The quantitative estimate of drug-likeness (QED) is 0.128. The van der Waals surface area contributed by atoms with E-state index in [1.165, 1.54) is 11.9 Å². The van der Waals surface area contributed by atoms with Crippen LogP contribution in [0.25, 0.3) is 22.5 Å². The summed E-state index contributed by atoms with van der Waals surface area (Å²) < 4.78 is 12.4. The first-order valence-electron chi connectivity index (χ1n) is 22.4. The second-order valence-corrected chi connectivity index (χ2v) is 18.7. The number of amides is 2. The molecule has 3 heterocycles. The molecule has 4 aromatic rings. The zero-order valence-electron chi connectivity index (χ0n) is 39.4. The van der Waals surface area contributed by atoms with Gasteiger partial charge >= 0.3 is 0 Å². The molecule has 0 saturated carbocycles. The Hall–Kier alpha value is -5.99. The number of aliphatic hydroxyl groups is 1. The lowest BCUT2D eigenvalue weighted by Crippen LogP contribution is -2.48. The van der Waals surface area contributed by atoms with Crippen molar-refractivity contribution in [3.8, 4) is 40.1 Å². The first-order valence-corrected chi connectivity index (χ1v) is 22.4. The number of hydrogen-bond acceptors (Lipinski definition) is 13. The smallest absolute Gasteiger partial charge is 0.226 e. The van der Waals surface area contributed by atoms with Gasteiger partial charge in [-0.2, -0.15) is 18.8 Å². The highest BCUT2D eigenvalue weighted by Crippen LogP contribution is 2.42. The van der Waals surface area contributed by atoms with Crippen LogP contribution in [0.1, 0.15) is 104 Å². The first kappa shape index (κ1) is 52.0. The number of ketones is 3. The van der Waals surface area contributed by atoms with E-state index in [-0.39, 0.29) is 95.3 Å². The van der Waals surface area contributed by atoms with Gasteiger partial charge in [0.1, 0.15) is 36.4 Å². The molecule has 4 bridgehead atoms. The number of carbonyl (C=O) groups is 5. The van der Waals surface area contributed by atoms with Gasteiger partial charge in [-0.15, -0.1) is 0 Å². The van der Waals surface area contributed by atoms with E-state index in [9.17, 15) is 34.3 Å². The van der Waals surface area contributed by atoms with Gasteiger partial charge < -0.3 is 36.3 Å². The van der Waals surface area contributed by atoms with E-state index < -0.39 is 47.1 Å². The van der Waals surface area contributed by atoms with Crippen molar-refractivity contribution in [3.05, 3.63) is 94.3 Å². The molecule has 2 amide bonds. The Morgan fingerprint density at radius 3 is 2.15 bits per heavy atom. The molecular formula is C51H63N7O8S. The summed E-state index contributed by atoms with van der Waals surface area (Å²) in [5.41, 5.74) is 15.7. The monoisotopic (exact) mass is 933 g/mol. The van der Waals surface area contributed by atoms with E-state index in [2.05, 4.69) is 26.1 Å². The van der Waals surface area contributed by atoms with Gasteiger partial charge in [0.05, 0.1) is 29.1 Å². The van der Waals surface area contributed by atoms with E-state index >= 15 is 0 Å². The van der Waals surface area contributed by atoms with Crippen molar-refractivity contribution in [1.82, 2.24) is 20.2 Å².